The summed E-state index contributed by atoms with van der Waals surface area (Å²) < 4.78 is 5.96. The van der Waals surface area contributed by atoms with Gasteiger partial charge < -0.3 is 15.0 Å². The molecular formula is C22H25ClN2O3. The van der Waals surface area contributed by atoms with E-state index in [9.17, 15) is 9.59 Å². The first kappa shape index (κ1) is 20.4. The van der Waals surface area contributed by atoms with Crippen molar-refractivity contribution in [2.45, 2.75) is 32.0 Å². The third-order valence-electron chi connectivity index (χ3n) is 4.85. The number of carbonyl (C=O) groups excluding carboxylic acids is 2. The number of benzene rings is 2. The fourth-order valence-electron chi connectivity index (χ4n) is 3.20. The summed E-state index contributed by atoms with van der Waals surface area (Å²) in [6, 6.07) is 16.8. The Morgan fingerprint density at radius 1 is 1.04 bits per heavy atom. The molecule has 0 aromatic heterocycles. The molecule has 1 aliphatic rings. The van der Waals surface area contributed by atoms with E-state index in [4.69, 9.17) is 16.3 Å². The first-order valence-electron chi connectivity index (χ1n) is 9.59. The van der Waals surface area contributed by atoms with Gasteiger partial charge in [0.25, 0.3) is 5.91 Å². The number of amides is 2. The quantitative estimate of drug-likeness (QED) is 0.771. The van der Waals surface area contributed by atoms with Crippen molar-refractivity contribution >= 4 is 23.4 Å². The van der Waals surface area contributed by atoms with Crippen LogP contribution in [-0.2, 0) is 16.1 Å². The van der Waals surface area contributed by atoms with Crippen LogP contribution in [0.1, 0.15) is 35.2 Å². The highest BCUT2D eigenvalue weighted by molar-refractivity contribution is 6.30. The zero-order valence-electron chi connectivity index (χ0n) is 15.8. The Kier molecular flexibility index (Phi) is 7.46. The molecular weight excluding hydrogens is 376 g/mol. The summed E-state index contributed by atoms with van der Waals surface area (Å²) in [7, 11) is 0. The molecule has 1 N–H and O–H groups in total. The number of halogens is 1. The van der Waals surface area contributed by atoms with Gasteiger partial charge >= 0.3 is 0 Å². The maximum Gasteiger partial charge on any atom is 0.251 e. The van der Waals surface area contributed by atoms with Gasteiger partial charge in [0.15, 0.2) is 0 Å². The summed E-state index contributed by atoms with van der Waals surface area (Å²) >= 11 is 5.82. The minimum atomic E-state index is -0.197. The molecule has 1 heterocycles. The van der Waals surface area contributed by atoms with E-state index in [2.05, 4.69) is 17.4 Å². The molecule has 0 radical (unpaired) electrons. The number of carbonyl (C=O) groups is 2. The minimum absolute atomic E-state index is 0.0675. The van der Waals surface area contributed by atoms with Crippen LogP contribution < -0.4 is 5.32 Å². The van der Waals surface area contributed by atoms with Gasteiger partial charge in [0.05, 0.1) is 12.7 Å². The average molecular weight is 401 g/mol. The second kappa shape index (κ2) is 10.2. The van der Waals surface area contributed by atoms with E-state index in [0.29, 0.717) is 43.2 Å². The largest absolute Gasteiger partial charge is 0.373 e. The molecule has 5 nitrogen and oxygen atoms in total. The van der Waals surface area contributed by atoms with E-state index in [-0.39, 0.29) is 17.9 Å². The predicted octanol–water partition coefficient (Wildman–Crippen LogP) is 3.67. The molecule has 2 amide bonds. The van der Waals surface area contributed by atoms with Gasteiger partial charge in [-0.3, -0.25) is 9.59 Å². The first-order chi connectivity index (χ1) is 13.6. The molecule has 0 spiro atoms. The highest BCUT2D eigenvalue weighted by atomic mass is 35.5. The van der Waals surface area contributed by atoms with Crippen LogP contribution in [0.3, 0.4) is 0 Å². The average Bonchev–Trinajstić information content (AvgIpc) is 2.73. The third kappa shape index (κ3) is 6.08. The smallest absolute Gasteiger partial charge is 0.251 e. The van der Waals surface area contributed by atoms with Gasteiger partial charge in [0.2, 0.25) is 5.91 Å². The lowest BCUT2D eigenvalue weighted by molar-refractivity contribution is -0.133. The Hall–Kier alpha value is -2.37. The van der Waals surface area contributed by atoms with E-state index in [1.165, 1.54) is 0 Å². The van der Waals surface area contributed by atoms with Crippen LogP contribution in [0.2, 0.25) is 5.02 Å². The van der Waals surface area contributed by atoms with Crippen LogP contribution in [0.5, 0.6) is 0 Å². The monoisotopic (exact) mass is 400 g/mol. The molecule has 2 aromatic rings. The Morgan fingerprint density at radius 2 is 1.71 bits per heavy atom. The van der Waals surface area contributed by atoms with Crippen molar-refractivity contribution in [3.8, 4) is 0 Å². The Labute approximate surface area is 170 Å². The number of piperidine rings is 1. The number of nitrogens with zero attached hydrogens (tertiary/aromatic N) is 1. The van der Waals surface area contributed by atoms with E-state index in [0.717, 1.165) is 18.4 Å². The van der Waals surface area contributed by atoms with Gasteiger partial charge in [-0.05, 0) is 42.7 Å². The first-order valence-corrected chi connectivity index (χ1v) is 9.96. The molecule has 1 aliphatic heterocycles. The number of hydrogen-bond acceptors (Lipinski definition) is 3. The SMILES string of the molecule is O=C(NCCC(=O)N1CCC(OCc2ccccc2)CC1)c1ccc(Cl)cc1. The van der Waals surface area contributed by atoms with Crippen LogP contribution in [-0.4, -0.2) is 42.5 Å². The highest BCUT2D eigenvalue weighted by Crippen LogP contribution is 2.16. The summed E-state index contributed by atoms with van der Waals surface area (Å²) in [6.45, 7) is 2.33. The van der Waals surface area contributed by atoms with Crippen LogP contribution >= 0.6 is 11.6 Å². The molecule has 28 heavy (non-hydrogen) atoms. The normalized spacial score (nSPS) is 14.7. The van der Waals surface area contributed by atoms with Crippen LogP contribution in [0.4, 0.5) is 0 Å². The number of ether oxygens (including phenoxy) is 1. The number of hydrogen-bond donors (Lipinski definition) is 1. The lowest BCUT2D eigenvalue weighted by atomic mass is 10.1. The molecule has 0 aliphatic carbocycles. The van der Waals surface area contributed by atoms with E-state index in [1.54, 1.807) is 24.3 Å². The van der Waals surface area contributed by atoms with Gasteiger partial charge in [-0.15, -0.1) is 0 Å². The molecule has 0 saturated carbocycles. The zero-order valence-corrected chi connectivity index (χ0v) is 16.5. The van der Waals surface area contributed by atoms with E-state index in [1.807, 2.05) is 23.1 Å². The van der Waals surface area contributed by atoms with Crippen molar-refractivity contribution < 1.29 is 14.3 Å². The lowest BCUT2D eigenvalue weighted by Gasteiger charge is -2.32. The summed E-state index contributed by atoms with van der Waals surface area (Å²) in [5, 5.41) is 3.37. The van der Waals surface area contributed by atoms with Crippen LogP contribution in [0, 0.1) is 0 Å². The zero-order chi connectivity index (χ0) is 19.8. The van der Waals surface area contributed by atoms with Crippen molar-refractivity contribution in [3.05, 3.63) is 70.7 Å². The van der Waals surface area contributed by atoms with Crippen molar-refractivity contribution in [3.63, 3.8) is 0 Å². The molecule has 3 rings (SSSR count). The number of nitrogens with one attached hydrogen (secondary N) is 1. The van der Waals surface area contributed by atoms with Gasteiger partial charge in [0, 0.05) is 36.6 Å². The predicted molar refractivity (Wildman–Crippen MR) is 109 cm³/mol. The van der Waals surface area contributed by atoms with Crippen molar-refractivity contribution in [1.29, 1.82) is 0 Å². The highest BCUT2D eigenvalue weighted by Gasteiger charge is 2.23. The molecule has 148 valence electrons. The van der Waals surface area contributed by atoms with Crippen molar-refractivity contribution in [1.82, 2.24) is 10.2 Å². The Bertz CT molecular complexity index is 772. The Morgan fingerprint density at radius 3 is 2.39 bits per heavy atom. The van der Waals surface area contributed by atoms with Gasteiger partial charge in [-0.25, -0.2) is 0 Å². The Balaban J connectivity index is 1.33. The van der Waals surface area contributed by atoms with Crippen LogP contribution in [0.25, 0.3) is 0 Å². The van der Waals surface area contributed by atoms with Gasteiger partial charge in [-0.2, -0.15) is 0 Å². The molecule has 0 bridgehead atoms. The molecule has 2 aromatic carbocycles. The molecule has 6 heteroatoms. The fraction of sp³-hybridized carbons (Fsp3) is 0.364. The fourth-order valence-corrected chi connectivity index (χ4v) is 3.33. The minimum Gasteiger partial charge on any atom is -0.373 e. The number of rotatable bonds is 7. The maximum atomic E-state index is 12.4. The molecule has 1 fully saturated rings. The number of likely N-dealkylation sites (tertiary alicyclic amines) is 1. The third-order valence-corrected chi connectivity index (χ3v) is 5.11. The maximum absolute atomic E-state index is 12.4. The van der Waals surface area contributed by atoms with E-state index >= 15 is 0 Å². The molecule has 0 unspecified atom stereocenters. The summed E-state index contributed by atoms with van der Waals surface area (Å²) in [5.41, 5.74) is 1.70. The van der Waals surface area contributed by atoms with Crippen molar-refractivity contribution in [2.75, 3.05) is 19.6 Å². The second-order valence-electron chi connectivity index (χ2n) is 6.89. The van der Waals surface area contributed by atoms with Gasteiger partial charge in [0.1, 0.15) is 0 Å². The summed E-state index contributed by atoms with van der Waals surface area (Å²) in [5.74, 6) is -0.129. The molecule has 0 atom stereocenters. The standard InChI is InChI=1S/C22H25ClN2O3/c23-19-8-6-18(7-9-19)22(27)24-13-10-21(26)25-14-11-20(12-15-25)28-16-17-4-2-1-3-5-17/h1-9,20H,10-16H2,(H,24,27). The van der Waals surface area contributed by atoms with Gasteiger partial charge in [-0.1, -0.05) is 41.9 Å². The second-order valence-corrected chi connectivity index (χ2v) is 7.33. The van der Waals surface area contributed by atoms with E-state index < -0.39 is 0 Å². The van der Waals surface area contributed by atoms with Crippen LogP contribution in [0.15, 0.2) is 54.6 Å². The van der Waals surface area contributed by atoms with Crippen molar-refractivity contribution in [2.24, 2.45) is 0 Å². The summed E-state index contributed by atoms with van der Waals surface area (Å²) in [4.78, 5) is 26.3. The topological polar surface area (TPSA) is 58.6 Å². The molecule has 1 saturated heterocycles. The lowest BCUT2D eigenvalue weighted by Crippen LogP contribution is -2.42. The summed E-state index contributed by atoms with van der Waals surface area (Å²) in [6.07, 6.45) is 2.18.